The van der Waals surface area contributed by atoms with Gasteiger partial charge in [0, 0.05) is 38.3 Å². The molecule has 1 saturated heterocycles. The molecule has 1 rings (SSSR count). The molecule has 0 aromatic carbocycles. The van der Waals surface area contributed by atoms with Crippen molar-refractivity contribution in [3.8, 4) is 0 Å². The minimum absolute atomic E-state index is 0.107. The molecule has 18 heavy (non-hydrogen) atoms. The van der Waals surface area contributed by atoms with Crippen molar-refractivity contribution in [2.45, 2.75) is 38.6 Å². The van der Waals surface area contributed by atoms with Gasteiger partial charge in [0.1, 0.15) is 0 Å². The van der Waals surface area contributed by atoms with Gasteiger partial charge in [-0.25, -0.2) is 0 Å². The molecule has 0 radical (unpaired) electrons. The molecule has 0 aromatic rings. The second-order valence-corrected chi connectivity index (χ2v) is 5.84. The summed E-state index contributed by atoms with van der Waals surface area (Å²) in [4.78, 5) is 16.3. The van der Waals surface area contributed by atoms with Crippen LogP contribution in [0.3, 0.4) is 0 Å². The third-order valence-electron chi connectivity index (χ3n) is 4.22. The van der Waals surface area contributed by atoms with Gasteiger partial charge in [0.15, 0.2) is 0 Å². The van der Waals surface area contributed by atoms with Crippen LogP contribution in [0.25, 0.3) is 0 Å². The number of piperidine rings is 1. The van der Waals surface area contributed by atoms with E-state index in [-0.39, 0.29) is 17.4 Å². The van der Waals surface area contributed by atoms with Crippen LogP contribution >= 0.6 is 0 Å². The third kappa shape index (κ3) is 3.45. The maximum atomic E-state index is 12.0. The van der Waals surface area contributed by atoms with E-state index in [0.29, 0.717) is 0 Å². The third-order valence-corrected chi connectivity index (χ3v) is 4.22. The molecule has 0 bridgehead atoms. The van der Waals surface area contributed by atoms with Crippen LogP contribution in [0, 0.1) is 5.92 Å². The molecule has 0 N–H and O–H groups in total. The number of rotatable bonds is 5. The van der Waals surface area contributed by atoms with Gasteiger partial charge in [-0.2, -0.15) is 0 Å². The average Bonchev–Trinajstić information content (AvgIpc) is 2.35. The molecule has 0 unspecified atom stereocenters. The molecule has 0 spiro atoms. The number of nitrogens with zero attached hydrogens (tertiary/aromatic N) is 2. The number of hydrogen-bond acceptors (Lipinski definition) is 3. The molecular weight excluding hydrogens is 228 g/mol. The quantitative estimate of drug-likeness (QED) is 0.749. The summed E-state index contributed by atoms with van der Waals surface area (Å²) in [5, 5.41) is 0. The molecule has 1 aliphatic heterocycles. The van der Waals surface area contributed by atoms with Crippen LogP contribution in [-0.4, -0.2) is 62.1 Å². The summed E-state index contributed by atoms with van der Waals surface area (Å²) in [6, 6.07) is 0. The number of likely N-dealkylation sites (tertiary alicyclic amines) is 1. The van der Waals surface area contributed by atoms with Crippen LogP contribution in [0.15, 0.2) is 0 Å². The highest BCUT2D eigenvalue weighted by Crippen LogP contribution is 2.31. The van der Waals surface area contributed by atoms with Crippen LogP contribution < -0.4 is 0 Å². The summed E-state index contributed by atoms with van der Waals surface area (Å²) in [6.07, 6.45) is 3.13. The lowest BCUT2D eigenvalue weighted by atomic mass is 9.83. The molecule has 0 saturated carbocycles. The molecule has 0 atom stereocenters. The summed E-state index contributed by atoms with van der Waals surface area (Å²) >= 11 is 0. The van der Waals surface area contributed by atoms with Crippen LogP contribution in [0.5, 0.6) is 0 Å². The largest absolute Gasteiger partial charge is 0.385 e. The number of hydrogen-bond donors (Lipinski definition) is 0. The first-order valence-electron chi connectivity index (χ1n) is 6.88. The van der Waals surface area contributed by atoms with E-state index in [1.807, 2.05) is 18.7 Å². The average molecular weight is 256 g/mol. The summed E-state index contributed by atoms with van der Waals surface area (Å²) in [6.45, 7) is 6.48. The first kappa shape index (κ1) is 15.4. The predicted octanol–water partition coefficient (Wildman–Crippen LogP) is 1.60. The Hall–Kier alpha value is -0.610. The van der Waals surface area contributed by atoms with Crippen LogP contribution in [0.2, 0.25) is 0 Å². The van der Waals surface area contributed by atoms with E-state index in [0.717, 1.165) is 39.0 Å². The van der Waals surface area contributed by atoms with Crippen molar-refractivity contribution in [3.63, 3.8) is 0 Å². The summed E-state index contributed by atoms with van der Waals surface area (Å²) < 4.78 is 5.23. The normalized spacial score (nSPS) is 19.6. The zero-order valence-corrected chi connectivity index (χ0v) is 12.5. The van der Waals surface area contributed by atoms with Crippen molar-refractivity contribution in [1.82, 2.24) is 9.80 Å². The highest BCUT2D eigenvalue weighted by Gasteiger charge is 2.37. The van der Waals surface area contributed by atoms with Crippen molar-refractivity contribution < 1.29 is 9.53 Å². The van der Waals surface area contributed by atoms with E-state index in [2.05, 4.69) is 19.0 Å². The monoisotopic (exact) mass is 256 g/mol. The van der Waals surface area contributed by atoms with Gasteiger partial charge in [-0.05, 0) is 33.4 Å². The first-order chi connectivity index (χ1) is 8.43. The maximum Gasteiger partial charge on any atom is 0.225 e. The Kier molecular flexibility index (Phi) is 5.60. The van der Waals surface area contributed by atoms with Crippen molar-refractivity contribution in [3.05, 3.63) is 0 Å². The van der Waals surface area contributed by atoms with Crippen LogP contribution in [-0.2, 0) is 9.53 Å². The summed E-state index contributed by atoms with van der Waals surface area (Å²) in [5.74, 6) is 0.393. The predicted molar refractivity (Wildman–Crippen MR) is 73.6 cm³/mol. The topological polar surface area (TPSA) is 32.8 Å². The van der Waals surface area contributed by atoms with Gasteiger partial charge < -0.3 is 14.5 Å². The highest BCUT2D eigenvalue weighted by atomic mass is 16.5. The van der Waals surface area contributed by atoms with E-state index in [1.54, 1.807) is 7.11 Å². The molecule has 0 aliphatic carbocycles. The van der Waals surface area contributed by atoms with E-state index < -0.39 is 0 Å². The molecule has 106 valence electrons. The summed E-state index contributed by atoms with van der Waals surface area (Å²) in [7, 11) is 6.02. The van der Waals surface area contributed by atoms with E-state index >= 15 is 0 Å². The lowest BCUT2D eigenvalue weighted by molar-refractivity contribution is -0.137. The molecule has 4 heteroatoms. The van der Waals surface area contributed by atoms with E-state index in [1.165, 1.54) is 0 Å². The van der Waals surface area contributed by atoms with Crippen molar-refractivity contribution in [2.24, 2.45) is 5.92 Å². The van der Waals surface area contributed by atoms with Crippen LogP contribution in [0.1, 0.15) is 33.1 Å². The number of carbonyl (C=O) groups excluding carboxylic acids is 1. The smallest absolute Gasteiger partial charge is 0.225 e. The van der Waals surface area contributed by atoms with Gasteiger partial charge in [-0.1, -0.05) is 13.8 Å². The Morgan fingerprint density at radius 1 is 1.33 bits per heavy atom. The molecule has 0 aromatic heterocycles. The minimum Gasteiger partial charge on any atom is -0.385 e. The zero-order valence-electron chi connectivity index (χ0n) is 12.5. The Labute approximate surface area is 111 Å². The second kappa shape index (κ2) is 6.53. The second-order valence-electron chi connectivity index (χ2n) is 5.84. The fraction of sp³-hybridized carbons (Fsp3) is 0.929. The van der Waals surface area contributed by atoms with Gasteiger partial charge in [-0.15, -0.1) is 0 Å². The Balaban J connectivity index is 2.60. The molecule has 1 amide bonds. The molecule has 1 heterocycles. The van der Waals surface area contributed by atoms with Gasteiger partial charge in [0.05, 0.1) is 0 Å². The fourth-order valence-corrected chi connectivity index (χ4v) is 2.72. The Bertz CT molecular complexity index is 269. The van der Waals surface area contributed by atoms with Crippen molar-refractivity contribution in [1.29, 1.82) is 0 Å². The zero-order chi connectivity index (χ0) is 13.8. The SMILES string of the molecule is COCCC1(N(C)C)CCN(C(=O)C(C)C)CC1. The van der Waals surface area contributed by atoms with E-state index in [9.17, 15) is 4.79 Å². The van der Waals surface area contributed by atoms with E-state index in [4.69, 9.17) is 4.74 Å². The lowest BCUT2D eigenvalue weighted by Gasteiger charge is -2.46. The molecule has 1 aliphatic rings. The van der Waals surface area contributed by atoms with Gasteiger partial charge >= 0.3 is 0 Å². The Morgan fingerprint density at radius 2 is 1.89 bits per heavy atom. The number of carbonyl (C=O) groups is 1. The van der Waals surface area contributed by atoms with Crippen molar-refractivity contribution >= 4 is 5.91 Å². The standard InChI is InChI=1S/C14H28N2O2/c1-12(2)13(17)16-9-6-14(7-10-16,15(3)4)8-11-18-5/h12H,6-11H2,1-5H3. The van der Waals surface area contributed by atoms with Crippen LogP contribution in [0.4, 0.5) is 0 Å². The first-order valence-corrected chi connectivity index (χ1v) is 6.88. The molecule has 4 nitrogen and oxygen atoms in total. The van der Waals surface area contributed by atoms with Crippen molar-refractivity contribution in [2.75, 3.05) is 40.9 Å². The highest BCUT2D eigenvalue weighted by molar-refractivity contribution is 5.78. The van der Waals surface area contributed by atoms with Gasteiger partial charge in [0.2, 0.25) is 5.91 Å². The number of amides is 1. The Morgan fingerprint density at radius 3 is 2.28 bits per heavy atom. The number of methoxy groups -OCH3 is 1. The summed E-state index contributed by atoms with van der Waals surface area (Å²) in [5.41, 5.74) is 0.198. The number of ether oxygens (including phenoxy) is 1. The minimum atomic E-state index is 0.107. The molecular formula is C14H28N2O2. The molecule has 1 fully saturated rings. The maximum absolute atomic E-state index is 12.0. The van der Waals surface area contributed by atoms with Gasteiger partial charge in [-0.3, -0.25) is 4.79 Å². The lowest BCUT2D eigenvalue weighted by Crippen LogP contribution is -2.54. The van der Waals surface area contributed by atoms with Gasteiger partial charge in [0.25, 0.3) is 0 Å². The fourth-order valence-electron chi connectivity index (χ4n) is 2.72.